The first-order valence-electron chi connectivity index (χ1n) is 6.46. The van der Waals surface area contributed by atoms with E-state index in [-0.39, 0.29) is 24.8 Å². The highest BCUT2D eigenvalue weighted by molar-refractivity contribution is 6.30. The number of carbonyl (C=O) groups excluding carboxylic acids is 2. The Morgan fingerprint density at radius 1 is 1.24 bits per heavy atom. The van der Waals surface area contributed by atoms with Crippen LogP contribution in [0.2, 0.25) is 5.02 Å². The molecule has 1 unspecified atom stereocenters. The quantitative estimate of drug-likeness (QED) is 0.664. The Labute approximate surface area is 127 Å². The van der Waals surface area contributed by atoms with Gasteiger partial charge in [-0.05, 0) is 37.6 Å². The Balaban J connectivity index is 2.39. The van der Waals surface area contributed by atoms with Gasteiger partial charge in [0.05, 0.1) is 0 Å². The van der Waals surface area contributed by atoms with Crippen molar-refractivity contribution in [2.45, 2.75) is 25.8 Å². The molecule has 6 nitrogen and oxygen atoms in total. The van der Waals surface area contributed by atoms with Crippen molar-refractivity contribution in [1.82, 2.24) is 10.6 Å². The van der Waals surface area contributed by atoms with Crippen molar-refractivity contribution < 1.29 is 19.5 Å². The lowest BCUT2D eigenvalue weighted by molar-refractivity contribution is -0.137. The standard InChI is InChI=1S/C14H17ClN2O4/c1-9(13(20)16-8-2-3-12(18)19)17-14(21)10-4-6-11(15)7-5-10/h4-7,9H,2-3,8H2,1H3,(H,16,20)(H,17,21)(H,18,19). The van der Waals surface area contributed by atoms with E-state index < -0.39 is 12.0 Å². The molecule has 1 atom stereocenters. The van der Waals surface area contributed by atoms with Crippen LogP contribution in [-0.2, 0) is 9.59 Å². The van der Waals surface area contributed by atoms with Crippen LogP contribution in [0.3, 0.4) is 0 Å². The first-order valence-corrected chi connectivity index (χ1v) is 6.84. The van der Waals surface area contributed by atoms with E-state index in [0.29, 0.717) is 17.0 Å². The molecule has 0 aliphatic carbocycles. The molecule has 0 saturated carbocycles. The molecule has 1 rings (SSSR count). The molecule has 1 aromatic rings. The molecule has 0 radical (unpaired) electrons. The van der Waals surface area contributed by atoms with Gasteiger partial charge in [0.2, 0.25) is 5.91 Å². The molecular weight excluding hydrogens is 296 g/mol. The Morgan fingerprint density at radius 2 is 1.86 bits per heavy atom. The summed E-state index contributed by atoms with van der Waals surface area (Å²) in [5.74, 6) is -1.64. The van der Waals surface area contributed by atoms with Crippen molar-refractivity contribution in [2.75, 3.05) is 6.54 Å². The molecule has 0 bridgehead atoms. The predicted octanol–water partition coefficient (Wildman–Crippen LogP) is 1.44. The number of aliphatic carboxylic acids is 1. The van der Waals surface area contributed by atoms with Crippen LogP contribution >= 0.6 is 11.6 Å². The second-order valence-electron chi connectivity index (χ2n) is 4.49. The van der Waals surface area contributed by atoms with E-state index in [1.807, 2.05) is 0 Å². The monoisotopic (exact) mass is 312 g/mol. The summed E-state index contributed by atoms with van der Waals surface area (Å²) in [5.41, 5.74) is 0.407. The first-order chi connectivity index (χ1) is 9.90. The minimum Gasteiger partial charge on any atom is -0.481 e. The van der Waals surface area contributed by atoms with Gasteiger partial charge in [0.1, 0.15) is 6.04 Å². The summed E-state index contributed by atoms with van der Waals surface area (Å²) in [6.45, 7) is 1.81. The van der Waals surface area contributed by atoms with Gasteiger partial charge in [-0.3, -0.25) is 14.4 Å². The van der Waals surface area contributed by atoms with Crippen LogP contribution in [-0.4, -0.2) is 35.5 Å². The number of carbonyl (C=O) groups is 3. The lowest BCUT2D eigenvalue weighted by Gasteiger charge is -2.14. The maximum absolute atomic E-state index is 11.9. The zero-order chi connectivity index (χ0) is 15.8. The normalized spacial score (nSPS) is 11.5. The Hall–Kier alpha value is -2.08. The third-order valence-electron chi connectivity index (χ3n) is 2.71. The third-order valence-corrected chi connectivity index (χ3v) is 2.97. The van der Waals surface area contributed by atoms with E-state index in [9.17, 15) is 14.4 Å². The molecule has 0 fully saturated rings. The maximum Gasteiger partial charge on any atom is 0.303 e. The summed E-state index contributed by atoms with van der Waals surface area (Å²) in [7, 11) is 0. The van der Waals surface area contributed by atoms with Crippen LogP contribution < -0.4 is 10.6 Å². The van der Waals surface area contributed by atoms with Crippen LogP contribution in [0.25, 0.3) is 0 Å². The average Bonchev–Trinajstić information content (AvgIpc) is 2.43. The lowest BCUT2D eigenvalue weighted by Crippen LogP contribution is -2.45. The Kier molecular flexibility index (Phi) is 6.68. The average molecular weight is 313 g/mol. The fourth-order valence-electron chi connectivity index (χ4n) is 1.55. The number of hydrogen-bond donors (Lipinski definition) is 3. The number of amides is 2. The van der Waals surface area contributed by atoms with Crippen LogP contribution in [0.1, 0.15) is 30.1 Å². The highest BCUT2D eigenvalue weighted by Gasteiger charge is 2.16. The number of rotatable bonds is 7. The molecule has 7 heteroatoms. The Morgan fingerprint density at radius 3 is 2.43 bits per heavy atom. The van der Waals surface area contributed by atoms with E-state index in [4.69, 9.17) is 16.7 Å². The fraction of sp³-hybridized carbons (Fsp3) is 0.357. The summed E-state index contributed by atoms with van der Waals surface area (Å²) < 4.78 is 0. The minimum absolute atomic E-state index is 0.00814. The van der Waals surface area contributed by atoms with Crippen molar-refractivity contribution >= 4 is 29.4 Å². The number of nitrogens with one attached hydrogen (secondary N) is 2. The minimum atomic E-state index is -0.909. The molecule has 0 spiro atoms. The van der Waals surface area contributed by atoms with E-state index in [1.54, 1.807) is 31.2 Å². The molecule has 0 aliphatic heterocycles. The van der Waals surface area contributed by atoms with Gasteiger partial charge in [-0.2, -0.15) is 0 Å². The van der Waals surface area contributed by atoms with Gasteiger partial charge in [0.25, 0.3) is 5.91 Å². The van der Waals surface area contributed by atoms with Gasteiger partial charge in [-0.25, -0.2) is 0 Å². The van der Waals surface area contributed by atoms with Crippen LogP contribution in [0, 0.1) is 0 Å². The van der Waals surface area contributed by atoms with Crippen molar-refractivity contribution in [1.29, 1.82) is 0 Å². The molecule has 114 valence electrons. The highest BCUT2D eigenvalue weighted by atomic mass is 35.5. The van der Waals surface area contributed by atoms with E-state index in [2.05, 4.69) is 10.6 Å². The summed E-state index contributed by atoms with van der Waals surface area (Å²) in [6, 6.07) is 5.60. The number of carboxylic acid groups (broad SMARTS) is 1. The van der Waals surface area contributed by atoms with Gasteiger partial charge < -0.3 is 15.7 Å². The van der Waals surface area contributed by atoms with Crippen LogP contribution in [0.15, 0.2) is 24.3 Å². The first kappa shape index (κ1) is 17.0. The number of halogens is 1. The van der Waals surface area contributed by atoms with E-state index in [1.165, 1.54) is 0 Å². The van der Waals surface area contributed by atoms with E-state index >= 15 is 0 Å². The molecular formula is C14H17ClN2O4. The molecule has 3 N–H and O–H groups in total. The number of carboxylic acids is 1. The molecule has 1 aromatic carbocycles. The topological polar surface area (TPSA) is 95.5 Å². The van der Waals surface area contributed by atoms with Crippen LogP contribution in [0.5, 0.6) is 0 Å². The van der Waals surface area contributed by atoms with Gasteiger partial charge in [-0.15, -0.1) is 0 Å². The van der Waals surface area contributed by atoms with Gasteiger partial charge >= 0.3 is 5.97 Å². The van der Waals surface area contributed by atoms with E-state index in [0.717, 1.165) is 0 Å². The van der Waals surface area contributed by atoms with Crippen molar-refractivity contribution in [3.05, 3.63) is 34.9 Å². The largest absolute Gasteiger partial charge is 0.481 e. The molecule has 0 aliphatic rings. The van der Waals surface area contributed by atoms with Crippen molar-refractivity contribution in [3.8, 4) is 0 Å². The zero-order valence-electron chi connectivity index (χ0n) is 11.6. The molecule has 21 heavy (non-hydrogen) atoms. The highest BCUT2D eigenvalue weighted by Crippen LogP contribution is 2.09. The fourth-order valence-corrected chi connectivity index (χ4v) is 1.68. The van der Waals surface area contributed by atoms with Crippen molar-refractivity contribution in [2.24, 2.45) is 0 Å². The summed E-state index contributed by atoms with van der Waals surface area (Å²) in [5, 5.41) is 14.1. The van der Waals surface area contributed by atoms with Gasteiger partial charge in [-0.1, -0.05) is 11.6 Å². The lowest BCUT2D eigenvalue weighted by atomic mass is 10.2. The third kappa shape index (κ3) is 6.27. The molecule has 2 amide bonds. The van der Waals surface area contributed by atoms with Gasteiger partial charge in [0, 0.05) is 23.6 Å². The molecule has 0 aromatic heterocycles. The molecule has 0 heterocycles. The molecule has 0 saturated heterocycles. The summed E-state index contributed by atoms with van der Waals surface area (Å²) >= 11 is 5.73. The zero-order valence-corrected chi connectivity index (χ0v) is 12.3. The van der Waals surface area contributed by atoms with Crippen molar-refractivity contribution in [3.63, 3.8) is 0 Å². The summed E-state index contributed by atoms with van der Waals surface area (Å²) in [6.07, 6.45) is 0.338. The van der Waals surface area contributed by atoms with Gasteiger partial charge in [0.15, 0.2) is 0 Å². The SMILES string of the molecule is CC(NC(=O)c1ccc(Cl)cc1)C(=O)NCCCC(=O)O. The summed E-state index contributed by atoms with van der Waals surface area (Å²) in [4.78, 5) is 33.9. The second kappa shape index (κ2) is 8.26. The Bertz CT molecular complexity index is 516. The number of benzene rings is 1. The smallest absolute Gasteiger partial charge is 0.303 e. The maximum atomic E-state index is 11.9. The number of hydrogen-bond acceptors (Lipinski definition) is 3. The second-order valence-corrected chi connectivity index (χ2v) is 4.93. The predicted molar refractivity (Wildman–Crippen MR) is 78.3 cm³/mol. The van der Waals surface area contributed by atoms with Crippen LogP contribution in [0.4, 0.5) is 0 Å².